The molecule has 3 nitrogen and oxygen atoms in total. The van der Waals surface area contributed by atoms with E-state index in [4.69, 9.17) is 0 Å². The van der Waals surface area contributed by atoms with Gasteiger partial charge < -0.3 is 0 Å². The summed E-state index contributed by atoms with van der Waals surface area (Å²) in [7, 11) is 0. The summed E-state index contributed by atoms with van der Waals surface area (Å²) >= 11 is 0. The number of carbonyl (C=O) groups excluding carboxylic acids is 1. The van der Waals surface area contributed by atoms with Gasteiger partial charge in [-0.1, -0.05) is 13.8 Å². The molecule has 0 aromatic heterocycles. The average Bonchev–Trinajstić information content (AvgIpc) is 1.65. The molecule has 0 spiro atoms. The van der Waals surface area contributed by atoms with Crippen molar-refractivity contribution in [1.29, 1.82) is 0 Å². The van der Waals surface area contributed by atoms with Gasteiger partial charge in [-0.25, -0.2) is 4.79 Å². The maximum absolute atomic E-state index is 9.98. The summed E-state index contributed by atoms with van der Waals surface area (Å²) < 4.78 is 0. The lowest BCUT2D eigenvalue weighted by atomic mass is 10.2. The molecule has 1 radical (unpaired) electrons. The van der Waals surface area contributed by atoms with E-state index in [1.165, 1.54) is 0 Å². The van der Waals surface area contributed by atoms with Crippen LogP contribution in [0.1, 0.15) is 13.8 Å². The largest absolute Gasteiger partial charge is 0.348 e. The normalized spacial score (nSPS) is 9.14. The lowest BCUT2D eigenvalue weighted by molar-refractivity contribution is -0.281. The Labute approximate surface area is 41.8 Å². The van der Waals surface area contributed by atoms with E-state index >= 15 is 0 Å². The van der Waals surface area contributed by atoms with Crippen LogP contribution in [0.5, 0.6) is 0 Å². The number of rotatable bonds is 1. The molecule has 0 aromatic carbocycles. The minimum atomic E-state index is -0.708. The van der Waals surface area contributed by atoms with Crippen molar-refractivity contribution in [2.24, 2.45) is 5.92 Å². The van der Waals surface area contributed by atoms with Crippen LogP contribution >= 0.6 is 0 Å². The van der Waals surface area contributed by atoms with Crippen LogP contribution in [0.3, 0.4) is 0 Å². The van der Waals surface area contributed by atoms with Crippen molar-refractivity contribution in [2.45, 2.75) is 13.8 Å². The number of hydrogen-bond donors (Lipinski definition) is 0. The maximum atomic E-state index is 9.98. The van der Waals surface area contributed by atoms with Crippen molar-refractivity contribution < 1.29 is 14.9 Å². The van der Waals surface area contributed by atoms with E-state index in [1.54, 1.807) is 13.8 Å². The van der Waals surface area contributed by atoms with Crippen molar-refractivity contribution in [1.82, 2.24) is 0 Å². The van der Waals surface area contributed by atoms with E-state index in [-0.39, 0.29) is 5.92 Å². The van der Waals surface area contributed by atoms with Crippen LogP contribution in [-0.2, 0) is 14.9 Å². The van der Waals surface area contributed by atoms with Crippen LogP contribution in [-0.4, -0.2) is 5.97 Å². The molecule has 0 rings (SSSR count). The second-order valence-electron chi connectivity index (χ2n) is 1.56. The van der Waals surface area contributed by atoms with Gasteiger partial charge in [0.25, 0.3) is 0 Å². The molecule has 0 N–H and O–H groups in total. The van der Waals surface area contributed by atoms with Crippen LogP contribution in [0.4, 0.5) is 0 Å². The Morgan fingerprint density at radius 1 is 1.57 bits per heavy atom. The van der Waals surface area contributed by atoms with Crippen molar-refractivity contribution in [3.05, 3.63) is 0 Å². The van der Waals surface area contributed by atoms with Crippen LogP contribution in [0, 0.1) is 5.92 Å². The van der Waals surface area contributed by atoms with Gasteiger partial charge in [-0.15, -0.1) is 0 Å². The van der Waals surface area contributed by atoms with Gasteiger partial charge in [-0.3, -0.25) is 4.89 Å². The van der Waals surface area contributed by atoms with Gasteiger partial charge in [0, 0.05) is 5.26 Å². The minimum absolute atomic E-state index is 0.308. The zero-order valence-electron chi connectivity index (χ0n) is 4.30. The minimum Gasteiger partial charge on any atom is -0.266 e. The van der Waals surface area contributed by atoms with Crippen LogP contribution in [0.25, 0.3) is 0 Å². The SMILES string of the molecule is CC(C)C(=O)O[O]. The fourth-order valence-corrected chi connectivity index (χ4v) is 0.0962. The van der Waals surface area contributed by atoms with Gasteiger partial charge in [0.15, 0.2) is 0 Å². The van der Waals surface area contributed by atoms with Gasteiger partial charge in [-0.2, -0.15) is 0 Å². The van der Waals surface area contributed by atoms with E-state index in [1.807, 2.05) is 0 Å². The van der Waals surface area contributed by atoms with Crippen LogP contribution < -0.4 is 0 Å². The molecule has 0 aliphatic rings. The third kappa shape index (κ3) is 2.17. The van der Waals surface area contributed by atoms with Crippen LogP contribution in [0.15, 0.2) is 0 Å². The molecule has 0 aliphatic carbocycles. The van der Waals surface area contributed by atoms with E-state index in [2.05, 4.69) is 4.89 Å². The first-order chi connectivity index (χ1) is 3.18. The summed E-state index contributed by atoms with van der Waals surface area (Å²) in [6, 6.07) is 0. The van der Waals surface area contributed by atoms with Gasteiger partial charge in [-0.05, 0) is 0 Å². The Morgan fingerprint density at radius 2 is 2.00 bits per heavy atom. The molecule has 0 amide bonds. The van der Waals surface area contributed by atoms with E-state index in [0.29, 0.717) is 0 Å². The standard InChI is InChI=1S/C4H7O3/c1-3(2)4(5)7-6/h3H,1-2H3. The molecule has 0 atom stereocenters. The third-order valence-corrected chi connectivity index (χ3v) is 0.554. The van der Waals surface area contributed by atoms with Crippen molar-refractivity contribution in [2.75, 3.05) is 0 Å². The topological polar surface area (TPSA) is 46.2 Å². The summed E-state index contributed by atoms with van der Waals surface area (Å²) in [6.07, 6.45) is 0. The summed E-state index contributed by atoms with van der Waals surface area (Å²) in [5.74, 6) is -1.02. The van der Waals surface area contributed by atoms with E-state index in [9.17, 15) is 10.1 Å². The van der Waals surface area contributed by atoms with Gasteiger partial charge in [0.2, 0.25) is 0 Å². The monoisotopic (exact) mass is 103 g/mol. The van der Waals surface area contributed by atoms with Gasteiger partial charge in [0.05, 0.1) is 5.92 Å². The summed E-state index contributed by atoms with van der Waals surface area (Å²) in [4.78, 5) is 13.1. The molecule has 7 heavy (non-hydrogen) atoms. The highest BCUT2D eigenvalue weighted by Crippen LogP contribution is 1.92. The van der Waals surface area contributed by atoms with Crippen LogP contribution in [0.2, 0.25) is 0 Å². The predicted octanol–water partition coefficient (Wildman–Crippen LogP) is 0.531. The molecule has 41 valence electrons. The first-order valence-electron chi connectivity index (χ1n) is 2.02. The highest BCUT2D eigenvalue weighted by Gasteiger charge is 2.06. The highest BCUT2D eigenvalue weighted by atomic mass is 17.1. The van der Waals surface area contributed by atoms with E-state index < -0.39 is 5.97 Å². The van der Waals surface area contributed by atoms with Crippen molar-refractivity contribution >= 4 is 5.97 Å². The second-order valence-corrected chi connectivity index (χ2v) is 1.56. The zero-order chi connectivity index (χ0) is 5.86. The molecule has 0 bridgehead atoms. The Bertz CT molecular complexity index is 67.3. The molecule has 0 aliphatic heterocycles. The Kier molecular flexibility index (Phi) is 2.37. The lowest BCUT2D eigenvalue weighted by Gasteiger charge is -1.92. The van der Waals surface area contributed by atoms with Crippen molar-refractivity contribution in [3.8, 4) is 0 Å². The average molecular weight is 103 g/mol. The molecule has 0 saturated heterocycles. The molecule has 0 saturated carbocycles. The summed E-state index contributed by atoms with van der Waals surface area (Å²) in [6.45, 7) is 3.19. The first-order valence-corrected chi connectivity index (χ1v) is 2.02. The maximum Gasteiger partial charge on any atom is 0.348 e. The Hall–Kier alpha value is -0.570. The first kappa shape index (κ1) is 6.43. The molecule has 0 fully saturated rings. The highest BCUT2D eigenvalue weighted by molar-refractivity contribution is 5.70. The molecule has 0 heterocycles. The summed E-state index contributed by atoms with van der Waals surface area (Å²) in [5.41, 5.74) is 0. The quantitative estimate of drug-likeness (QED) is 0.359. The fourth-order valence-electron chi connectivity index (χ4n) is 0.0962. The zero-order valence-corrected chi connectivity index (χ0v) is 4.30. The Balaban J connectivity index is 3.35. The number of carbonyl (C=O) groups is 1. The molecular formula is C4H7O3. The van der Waals surface area contributed by atoms with Gasteiger partial charge >= 0.3 is 5.97 Å². The molecule has 3 heteroatoms. The second kappa shape index (κ2) is 2.58. The molecule has 0 aromatic rings. The smallest absolute Gasteiger partial charge is 0.266 e. The summed E-state index contributed by atoms with van der Waals surface area (Å²) in [5, 5.41) is 9.22. The van der Waals surface area contributed by atoms with Crippen molar-refractivity contribution in [3.63, 3.8) is 0 Å². The Morgan fingerprint density at radius 3 is 2.00 bits per heavy atom. The fraction of sp³-hybridized carbons (Fsp3) is 0.750. The molecular weight excluding hydrogens is 96.0 g/mol. The third-order valence-electron chi connectivity index (χ3n) is 0.554. The van der Waals surface area contributed by atoms with E-state index in [0.717, 1.165) is 0 Å². The number of hydrogen-bond acceptors (Lipinski definition) is 2. The predicted molar refractivity (Wildman–Crippen MR) is 21.6 cm³/mol. The lowest BCUT2D eigenvalue weighted by Crippen LogP contribution is -2.07. The molecule has 0 unspecified atom stereocenters. The van der Waals surface area contributed by atoms with Gasteiger partial charge in [0.1, 0.15) is 0 Å².